The largest absolute Gasteiger partial charge is 0.417 e. The molecule has 0 atom stereocenters. The van der Waals surface area contributed by atoms with Gasteiger partial charge in [0.2, 0.25) is 0 Å². The van der Waals surface area contributed by atoms with E-state index in [9.17, 15) is 22.8 Å². The molecule has 1 fully saturated rings. The Morgan fingerprint density at radius 2 is 1.96 bits per heavy atom. The van der Waals surface area contributed by atoms with Gasteiger partial charge in [0.25, 0.3) is 11.5 Å². The molecule has 1 saturated heterocycles. The van der Waals surface area contributed by atoms with Crippen LogP contribution in [0.1, 0.15) is 20.8 Å². The molecule has 1 aliphatic rings. The maximum absolute atomic E-state index is 12.8. The molecule has 0 radical (unpaired) electrons. The Morgan fingerprint density at radius 3 is 2.58 bits per heavy atom. The van der Waals surface area contributed by atoms with Crippen molar-refractivity contribution in [2.75, 3.05) is 32.7 Å². The molecule has 3 heterocycles. The highest BCUT2D eigenvalue weighted by molar-refractivity contribution is 7.09. The number of pyridine rings is 1. The van der Waals surface area contributed by atoms with Crippen molar-refractivity contribution in [1.29, 1.82) is 0 Å². The number of carbonyl (C=O) groups excluding carboxylic acids is 1. The van der Waals surface area contributed by atoms with Gasteiger partial charge in [0, 0.05) is 43.8 Å². The van der Waals surface area contributed by atoms with Gasteiger partial charge >= 0.3 is 6.18 Å². The smallest absolute Gasteiger partial charge is 0.336 e. The predicted molar refractivity (Wildman–Crippen MR) is 92.4 cm³/mol. The first kappa shape index (κ1) is 18.7. The van der Waals surface area contributed by atoms with E-state index < -0.39 is 28.8 Å². The Bertz CT molecular complexity index is 809. The van der Waals surface area contributed by atoms with Crippen LogP contribution in [0.15, 0.2) is 34.6 Å². The van der Waals surface area contributed by atoms with Crippen molar-refractivity contribution in [3.05, 3.63) is 56.1 Å². The summed E-state index contributed by atoms with van der Waals surface area (Å²) in [5, 5.41) is 2.03. The summed E-state index contributed by atoms with van der Waals surface area (Å²) in [7, 11) is 0. The Kier molecular flexibility index (Phi) is 5.47. The Balaban J connectivity index is 1.61. The summed E-state index contributed by atoms with van der Waals surface area (Å²) >= 11 is 1.70. The fourth-order valence-corrected chi connectivity index (χ4v) is 3.57. The van der Waals surface area contributed by atoms with Crippen LogP contribution in [0.3, 0.4) is 0 Å². The van der Waals surface area contributed by atoms with Gasteiger partial charge in [0.05, 0.1) is 5.56 Å². The molecule has 1 aliphatic heterocycles. The van der Waals surface area contributed by atoms with Gasteiger partial charge < -0.3 is 9.88 Å². The topological polar surface area (TPSA) is 56.4 Å². The lowest BCUT2D eigenvalue weighted by atomic mass is 10.1. The monoisotopic (exact) mass is 385 g/mol. The number of amides is 1. The molecule has 3 rings (SSSR count). The molecular formula is C17H18F3N3O2S. The third-order valence-electron chi connectivity index (χ3n) is 4.38. The van der Waals surface area contributed by atoms with Crippen molar-refractivity contribution >= 4 is 17.2 Å². The number of thiophene rings is 1. The van der Waals surface area contributed by atoms with Gasteiger partial charge in [-0.15, -0.1) is 11.3 Å². The maximum atomic E-state index is 12.8. The van der Waals surface area contributed by atoms with Crippen LogP contribution in [0, 0.1) is 0 Å². The third kappa shape index (κ3) is 4.34. The second kappa shape index (κ2) is 7.63. The lowest BCUT2D eigenvalue weighted by Crippen LogP contribution is -2.50. The molecule has 26 heavy (non-hydrogen) atoms. The number of rotatable bonds is 4. The molecule has 0 saturated carbocycles. The molecule has 0 unspecified atom stereocenters. The van der Waals surface area contributed by atoms with Crippen LogP contribution >= 0.6 is 11.3 Å². The van der Waals surface area contributed by atoms with E-state index in [0.717, 1.165) is 13.0 Å². The number of nitrogens with one attached hydrogen (secondary N) is 1. The van der Waals surface area contributed by atoms with Crippen molar-refractivity contribution in [3.8, 4) is 0 Å². The first-order valence-electron chi connectivity index (χ1n) is 8.18. The summed E-state index contributed by atoms with van der Waals surface area (Å²) in [6, 6.07) is 4.71. The molecule has 140 valence electrons. The SMILES string of the molecule is O=C(c1cc(C(F)(F)F)c[nH]c1=O)N1CCN(CCc2cccs2)CC1. The molecular weight excluding hydrogens is 367 g/mol. The van der Waals surface area contributed by atoms with E-state index in [4.69, 9.17) is 0 Å². The number of hydrogen-bond acceptors (Lipinski definition) is 4. The maximum Gasteiger partial charge on any atom is 0.417 e. The summed E-state index contributed by atoms with van der Waals surface area (Å²) in [4.78, 5) is 31.2. The molecule has 5 nitrogen and oxygen atoms in total. The van der Waals surface area contributed by atoms with Crippen LogP contribution in [0.4, 0.5) is 13.2 Å². The van der Waals surface area contributed by atoms with E-state index in [-0.39, 0.29) is 0 Å². The van der Waals surface area contributed by atoms with Crippen molar-refractivity contribution in [2.45, 2.75) is 12.6 Å². The van der Waals surface area contributed by atoms with Gasteiger partial charge in [-0.3, -0.25) is 14.5 Å². The zero-order valence-electron chi connectivity index (χ0n) is 13.9. The molecule has 1 N–H and O–H groups in total. The number of aromatic nitrogens is 1. The van der Waals surface area contributed by atoms with Gasteiger partial charge in [-0.2, -0.15) is 13.2 Å². The average molecular weight is 385 g/mol. The highest BCUT2D eigenvalue weighted by Crippen LogP contribution is 2.28. The minimum atomic E-state index is -4.61. The van der Waals surface area contributed by atoms with Crippen LogP contribution in [0.5, 0.6) is 0 Å². The van der Waals surface area contributed by atoms with E-state index >= 15 is 0 Å². The van der Waals surface area contributed by atoms with Crippen LogP contribution < -0.4 is 5.56 Å². The first-order chi connectivity index (χ1) is 12.3. The summed E-state index contributed by atoms with van der Waals surface area (Å²) in [6.07, 6.45) is -3.10. The second-order valence-electron chi connectivity index (χ2n) is 6.09. The first-order valence-corrected chi connectivity index (χ1v) is 9.06. The molecule has 0 spiro atoms. The van der Waals surface area contributed by atoms with Gasteiger partial charge in [0.1, 0.15) is 5.56 Å². The highest BCUT2D eigenvalue weighted by atomic mass is 32.1. The van der Waals surface area contributed by atoms with Gasteiger partial charge in [-0.05, 0) is 23.9 Å². The zero-order valence-corrected chi connectivity index (χ0v) is 14.7. The predicted octanol–water partition coefficient (Wildman–Crippen LogP) is 2.46. The van der Waals surface area contributed by atoms with E-state index in [2.05, 4.69) is 11.0 Å². The number of nitrogens with zero attached hydrogens (tertiary/aromatic N) is 2. The Morgan fingerprint density at radius 1 is 1.23 bits per heavy atom. The number of piperazine rings is 1. The van der Waals surface area contributed by atoms with E-state index in [0.29, 0.717) is 38.4 Å². The molecule has 2 aromatic rings. The number of H-pyrrole nitrogens is 1. The number of alkyl halides is 3. The van der Waals surface area contributed by atoms with Gasteiger partial charge in [-0.25, -0.2) is 0 Å². The molecule has 0 aliphatic carbocycles. The van der Waals surface area contributed by atoms with E-state index in [1.165, 1.54) is 9.78 Å². The number of carbonyl (C=O) groups is 1. The molecule has 9 heteroatoms. The standard InChI is InChI=1S/C17H18F3N3O2S/c18-17(19,20)12-10-14(15(24)21-11-12)16(25)23-7-5-22(6-8-23)4-3-13-2-1-9-26-13/h1-2,9-11H,3-8H2,(H,21,24). The summed E-state index contributed by atoms with van der Waals surface area (Å²) < 4.78 is 38.4. The van der Waals surface area contributed by atoms with Crippen LogP contribution in [0.2, 0.25) is 0 Å². The number of aromatic amines is 1. The highest BCUT2D eigenvalue weighted by Gasteiger charge is 2.33. The number of halogens is 3. The number of hydrogen-bond donors (Lipinski definition) is 1. The third-order valence-corrected chi connectivity index (χ3v) is 5.31. The van der Waals surface area contributed by atoms with Gasteiger partial charge in [-0.1, -0.05) is 6.07 Å². The summed E-state index contributed by atoms with van der Waals surface area (Å²) in [5.74, 6) is -0.657. The molecule has 2 aromatic heterocycles. The van der Waals surface area contributed by atoms with Crippen molar-refractivity contribution < 1.29 is 18.0 Å². The Hall–Kier alpha value is -2.13. The Labute approximate surface area is 152 Å². The molecule has 0 aromatic carbocycles. The zero-order chi connectivity index (χ0) is 18.7. The fourth-order valence-electron chi connectivity index (χ4n) is 2.87. The van der Waals surface area contributed by atoms with E-state index in [1.807, 2.05) is 16.4 Å². The van der Waals surface area contributed by atoms with Crippen LogP contribution in [0.25, 0.3) is 0 Å². The normalized spacial score (nSPS) is 16.0. The van der Waals surface area contributed by atoms with Crippen molar-refractivity contribution in [2.24, 2.45) is 0 Å². The summed E-state index contributed by atoms with van der Waals surface area (Å²) in [6.45, 7) is 2.91. The van der Waals surface area contributed by atoms with Gasteiger partial charge in [0.15, 0.2) is 0 Å². The quantitative estimate of drug-likeness (QED) is 0.880. The van der Waals surface area contributed by atoms with Crippen molar-refractivity contribution in [1.82, 2.24) is 14.8 Å². The van der Waals surface area contributed by atoms with Crippen molar-refractivity contribution in [3.63, 3.8) is 0 Å². The fraction of sp³-hybridized carbons (Fsp3) is 0.412. The van der Waals surface area contributed by atoms with E-state index in [1.54, 1.807) is 11.3 Å². The summed E-state index contributed by atoms with van der Waals surface area (Å²) in [5.41, 5.74) is -2.30. The molecule has 1 amide bonds. The lowest BCUT2D eigenvalue weighted by Gasteiger charge is -2.34. The second-order valence-corrected chi connectivity index (χ2v) is 7.12. The minimum Gasteiger partial charge on any atom is -0.336 e. The lowest BCUT2D eigenvalue weighted by molar-refractivity contribution is -0.137. The molecule has 0 bridgehead atoms. The van der Waals surface area contributed by atoms with Crippen LogP contribution in [-0.4, -0.2) is 53.4 Å². The minimum absolute atomic E-state index is 0.388. The van der Waals surface area contributed by atoms with Crippen LogP contribution in [-0.2, 0) is 12.6 Å². The average Bonchev–Trinajstić information content (AvgIpc) is 3.13.